The fourth-order valence-electron chi connectivity index (χ4n) is 3.32. The van der Waals surface area contributed by atoms with Crippen LogP contribution in [0.5, 0.6) is 0 Å². The van der Waals surface area contributed by atoms with Gasteiger partial charge in [-0.15, -0.1) is 0 Å². The maximum absolute atomic E-state index is 13.8. The molecule has 25 heavy (non-hydrogen) atoms. The number of hydrogen-bond donors (Lipinski definition) is 0. The fraction of sp³-hybridized carbons (Fsp3) is 0.211. The third kappa shape index (κ3) is 3.27. The Morgan fingerprint density at radius 3 is 2.24 bits per heavy atom. The Kier molecular flexibility index (Phi) is 4.82. The third-order valence-corrected chi connectivity index (χ3v) is 4.84. The smallest absolute Gasteiger partial charge is 0.329 e. The van der Waals surface area contributed by atoms with Gasteiger partial charge in [-0.3, -0.25) is 13.6 Å². The Hall–Kier alpha value is -1.95. The normalized spacial score (nSPS) is 16.0. The number of hydrogen-bond acceptors (Lipinski definition) is 1. The van der Waals surface area contributed by atoms with Gasteiger partial charge in [-0.2, -0.15) is 0 Å². The number of rotatable bonds is 3. The van der Waals surface area contributed by atoms with Gasteiger partial charge < -0.3 is 4.48 Å². The molecule has 128 valence electrons. The van der Waals surface area contributed by atoms with Gasteiger partial charge in [-0.1, -0.05) is 28.1 Å². The van der Waals surface area contributed by atoms with E-state index in [1.165, 1.54) is 0 Å². The molecule has 1 aromatic carbocycles. The summed E-state index contributed by atoms with van der Waals surface area (Å²) in [5.74, 6) is 0. The van der Waals surface area contributed by atoms with Crippen molar-refractivity contribution < 1.29 is 8.63 Å². The van der Waals surface area contributed by atoms with Gasteiger partial charge in [-0.05, 0) is 68.7 Å². The lowest BCUT2D eigenvalue weighted by Gasteiger charge is -2.16. The zero-order valence-electron chi connectivity index (χ0n) is 14.6. The third-order valence-electron chi connectivity index (χ3n) is 4.31. The van der Waals surface area contributed by atoms with Crippen LogP contribution in [-0.4, -0.2) is 17.6 Å². The van der Waals surface area contributed by atoms with E-state index in [0.29, 0.717) is 11.4 Å². The van der Waals surface area contributed by atoms with E-state index in [9.17, 15) is 8.63 Å². The van der Waals surface area contributed by atoms with Crippen molar-refractivity contribution in [2.45, 2.75) is 27.7 Å². The van der Waals surface area contributed by atoms with Crippen LogP contribution >= 0.6 is 15.9 Å². The Labute approximate surface area is 155 Å². The molecule has 0 atom stereocenters. The Morgan fingerprint density at radius 2 is 1.72 bits per heavy atom. The highest BCUT2D eigenvalue weighted by Gasteiger charge is 2.29. The van der Waals surface area contributed by atoms with Crippen molar-refractivity contribution in [3.05, 3.63) is 74.7 Å². The molecule has 0 fully saturated rings. The summed E-state index contributed by atoms with van der Waals surface area (Å²) in [7, 11) is -2.61. The first kappa shape index (κ1) is 17.9. The van der Waals surface area contributed by atoms with Crippen LogP contribution in [0.25, 0.3) is 5.57 Å². The zero-order valence-corrected chi connectivity index (χ0v) is 16.2. The largest absolute Gasteiger partial charge is 0.677 e. The van der Waals surface area contributed by atoms with Gasteiger partial charge in [0.25, 0.3) is 0 Å². The van der Waals surface area contributed by atoms with Crippen LogP contribution in [0.15, 0.2) is 57.1 Å². The van der Waals surface area contributed by atoms with E-state index >= 15 is 0 Å². The van der Waals surface area contributed by atoms with E-state index in [0.717, 1.165) is 42.6 Å². The lowest BCUT2D eigenvalue weighted by Crippen LogP contribution is -2.18. The highest BCUT2D eigenvalue weighted by Crippen LogP contribution is 2.37. The average Bonchev–Trinajstić information content (AvgIpc) is 3.01. The monoisotopic (exact) mass is 402 g/mol. The van der Waals surface area contributed by atoms with Crippen molar-refractivity contribution in [2.24, 2.45) is 4.99 Å². The second-order valence-corrected chi connectivity index (χ2v) is 7.19. The quantitative estimate of drug-likeness (QED) is 0.575. The van der Waals surface area contributed by atoms with Crippen molar-refractivity contribution in [2.75, 3.05) is 0 Å². The standard InChI is InChI=1S/C19H18BBrF2N2/c1-11-9-13(3)24-18(11)17(15-5-7-16(21)8-6-15)19-12(2)10-14(4)25(19)20(22)23/h5-10H,1-4H3/b18-17-. The SMILES string of the molecule is CC1=CC(C)=N/C1=C(/c1ccc(Br)cc1)c1c(C)cc(C)n1B(F)F. The molecule has 0 saturated heterocycles. The predicted octanol–water partition coefficient (Wildman–Crippen LogP) is 5.82. The number of aryl methyl sites for hydroxylation is 2. The molecule has 0 amide bonds. The molecule has 0 aliphatic carbocycles. The van der Waals surface area contributed by atoms with Crippen molar-refractivity contribution in [1.29, 1.82) is 0 Å². The molecule has 1 aliphatic heterocycles. The van der Waals surface area contributed by atoms with Crippen LogP contribution in [0, 0.1) is 13.8 Å². The van der Waals surface area contributed by atoms with Gasteiger partial charge in [0.1, 0.15) is 0 Å². The number of halogens is 3. The molecule has 1 aromatic heterocycles. The van der Waals surface area contributed by atoms with Crippen LogP contribution in [0.1, 0.15) is 36.4 Å². The van der Waals surface area contributed by atoms with E-state index in [-0.39, 0.29) is 0 Å². The van der Waals surface area contributed by atoms with Gasteiger partial charge in [0.15, 0.2) is 0 Å². The predicted molar refractivity (Wildman–Crippen MR) is 104 cm³/mol. The minimum Gasteiger partial charge on any atom is -0.329 e. The second kappa shape index (κ2) is 6.75. The van der Waals surface area contributed by atoms with Crippen molar-refractivity contribution >= 4 is 34.6 Å². The van der Waals surface area contributed by atoms with E-state index in [1.807, 2.05) is 51.1 Å². The average molecular weight is 403 g/mol. The molecule has 2 heterocycles. The van der Waals surface area contributed by atoms with E-state index < -0.39 is 7.40 Å². The second-order valence-electron chi connectivity index (χ2n) is 6.28. The highest BCUT2D eigenvalue weighted by atomic mass is 79.9. The van der Waals surface area contributed by atoms with Crippen LogP contribution in [-0.2, 0) is 0 Å². The molecule has 3 rings (SSSR count). The summed E-state index contributed by atoms with van der Waals surface area (Å²) in [5.41, 5.74) is 6.10. The summed E-state index contributed by atoms with van der Waals surface area (Å²) >= 11 is 3.43. The lowest BCUT2D eigenvalue weighted by molar-refractivity contribution is 0.624. The molecule has 2 nitrogen and oxygen atoms in total. The van der Waals surface area contributed by atoms with Crippen LogP contribution in [0.4, 0.5) is 8.63 Å². The Balaban J connectivity index is 2.38. The maximum atomic E-state index is 13.8. The minimum absolute atomic E-state index is 0.524. The number of aliphatic imine (C=N–C) groups is 1. The fourth-order valence-corrected chi connectivity index (χ4v) is 3.58. The van der Waals surface area contributed by atoms with Gasteiger partial charge in [0, 0.05) is 27.1 Å². The molecular weight excluding hydrogens is 385 g/mol. The van der Waals surface area contributed by atoms with E-state index in [1.54, 1.807) is 13.0 Å². The summed E-state index contributed by atoms with van der Waals surface area (Å²) in [5, 5.41) is 0. The van der Waals surface area contributed by atoms with Gasteiger partial charge in [0.05, 0.1) is 5.70 Å². The summed E-state index contributed by atoms with van der Waals surface area (Å²) < 4.78 is 29.6. The van der Waals surface area contributed by atoms with E-state index in [2.05, 4.69) is 20.9 Å². The van der Waals surface area contributed by atoms with Crippen molar-refractivity contribution in [1.82, 2.24) is 4.48 Å². The zero-order chi connectivity index (χ0) is 18.3. The van der Waals surface area contributed by atoms with E-state index in [4.69, 9.17) is 0 Å². The number of benzene rings is 1. The molecule has 0 spiro atoms. The molecule has 2 aromatic rings. The first-order valence-electron chi connectivity index (χ1n) is 8.00. The lowest BCUT2D eigenvalue weighted by atomic mass is 9.95. The molecular formula is C19H18BBrF2N2. The van der Waals surface area contributed by atoms with Crippen molar-refractivity contribution in [3.63, 3.8) is 0 Å². The Bertz CT molecular complexity index is 922. The summed E-state index contributed by atoms with van der Waals surface area (Å²) in [6.07, 6.45) is 1.98. The summed E-state index contributed by atoms with van der Waals surface area (Å²) in [6.45, 7) is 7.45. The molecule has 6 heteroatoms. The number of aromatic nitrogens is 1. The summed E-state index contributed by atoms with van der Waals surface area (Å²) in [6, 6.07) is 9.49. The molecule has 0 bridgehead atoms. The van der Waals surface area contributed by atoms with Crippen molar-refractivity contribution in [3.8, 4) is 0 Å². The van der Waals surface area contributed by atoms with Crippen LogP contribution in [0.2, 0.25) is 0 Å². The highest BCUT2D eigenvalue weighted by molar-refractivity contribution is 9.10. The maximum Gasteiger partial charge on any atom is 0.677 e. The summed E-state index contributed by atoms with van der Waals surface area (Å²) in [4.78, 5) is 4.63. The first-order valence-corrected chi connectivity index (χ1v) is 8.80. The molecule has 0 N–H and O–H groups in total. The van der Waals surface area contributed by atoms with Gasteiger partial charge in [-0.25, -0.2) is 0 Å². The van der Waals surface area contributed by atoms with Gasteiger partial charge >= 0.3 is 7.40 Å². The molecule has 0 radical (unpaired) electrons. The molecule has 0 unspecified atom stereocenters. The number of allylic oxidation sites excluding steroid dienone is 2. The van der Waals surface area contributed by atoms with Gasteiger partial charge in [0.2, 0.25) is 0 Å². The first-order chi connectivity index (χ1) is 11.8. The van der Waals surface area contributed by atoms with Crippen LogP contribution in [0.3, 0.4) is 0 Å². The molecule has 0 saturated carbocycles. The minimum atomic E-state index is -2.61. The number of nitrogens with zero attached hydrogens (tertiary/aromatic N) is 2. The Morgan fingerprint density at radius 1 is 1.08 bits per heavy atom. The molecule has 1 aliphatic rings. The van der Waals surface area contributed by atoms with Crippen LogP contribution < -0.4 is 0 Å². The topological polar surface area (TPSA) is 17.3 Å².